The molecule has 4 aromatic carbocycles. The molecule has 2 N–H and O–H groups in total. The minimum Gasteiger partial charge on any atom is -0.508 e. The summed E-state index contributed by atoms with van der Waals surface area (Å²) in [5, 5.41) is 20.6. The molecule has 0 aliphatic rings. The lowest BCUT2D eigenvalue weighted by Crippen LogP contribution is -2.06. The van der Waals surface area contributed by atoms with E-state index in [1.807, 2.05) is 48.5 Å². The van der Waals surface area contributed by atoms with E-state index in [-0.39, 0.29) is 24.7 Å². The van der Waals surface area contributed by atoms with Crippen LogP contribution in [0.5, 0.6) is 11.5 Å². The summed E-state index contributed by atoms with van der Waals surface area (Å²) in [6.45, 7) is 3.99. The van der Waals surface area contributed by atoms with Gasteiger partial charge in [0.1, 0.15) is 11.5 Å². The summed E-state index contributed by atoms with van der Waals surface area (Å²) in [5.41, 5.74) is 4.99. The van der Waals surface area contributed by atoms with E-state index in [1.165, 1.54) is 18.2 Å². The Morgan fingerprint density at radius 3 is 1.86 bits per heavy atom. The summed E-state index contributed by atoms with van der Waals surface area (Å²) in [5.74, 6) is -0.821. The van der Waals surface area contributed by atoms with Crippen molar-refractivity contribution in [1.82, 2.24) is 0 Å². The Morgan fingerprint density at radius 2 is 1.22 bits per heavy atom. The van der Waals surface area contributed by atoms with Crippen molar-refractivity contribution in [3.8, 4) is 44.9 Å². The fourth-order valence-electron chi connectivity index (χ4n) is 4.00. The highest BCUT2D eigenvalue weighted by Crippen LogP contribution is 2.35. The SMILES string of the molecule is CCOC(=O)c1ccc(O)c(-c2cccc(-c3cccc(-c4cc(O)ccc4C(=O)OCC)c3)c2)c1. The monoisotopic (exact) mass is 482 g/mol. The van der Waals surface area contributed by atoms with Gasteiger partial charge >= 0.3 is 11.9 Å². The van der Waals surface area contributed by atoms with Crippen molar-refractivity contribution in [1.29, 1.82) is 0 Å². The molecule has 0 fully saturated rings. The van der Waals surface area contributed by atoms with Crippen molar-refractivity contribution in [3.05, 3.63) is 96.1 Å². The number of hydrogen-bond acceptors (Lipinski definition) is 6. The van der Waals surface area contributed by atoms with Crippen molar-refractivity contribution in [3.63, 3.8) is 0 Å². The first-order valence-electron chi connectivity index (χ1n) is 11.6. The number of aromatic hydroxyl groups is 2. The lowest BCUT2D eigenvalue weighted by atomic mass is 9.94. The molecule has 0 saturated carbocycles. The topological polar surface area (TPSA) is 93.1 Å². The van der Waals surface area contributed by atoms with Crippen LogP contribution in [0.1, 0.15) is 34.6 Å². The van der Waals surface area contributed by atoms with Gasteiger partial charge in [0.05, 0.1) is 24.3 Å². The standard InChI is InChI=1S/C30H26O6/c1-3-35-29(33)23-11-14-28(32)27(17-23)22-10-6-8-20(16-22)19-7-5-9-21(15-19)26-18-24(31)12-13-25(26)30(34)36-4-2/h5-18,31-32H,3-4H2,1-2H3. The van der Waals surface area contributed by atoms with Crippen LogP contribution in [0.25, 0.3) is 33.4 Å². The van der Waals surface area contributed by atoms with Crippen LogP contribution in [0.2, 0.25) is 0 Å². The van der Waals surface area contributed by atoms with Gasteiger partial charge in [-0.25, -0.2) is 9.59 Å². The van der Waals surface area contributed by atoms with Gasteiger partial charge in [-0.1, -0.05) is 36.4 Å². The maximum absolute atomic E-state index is 12.5. The van der Waals surface area contributed by atoms with Crippen molar-refractivity contribution in [2.75, 3.05) is 13.2 Å². The first-order valence-corrected chi connectivity index (χ1v) is 11.6. The number of rotatable bonds is 7. The van der Waals surface area contributed by atoms with Crippen molar-refractivity contribution < 1.29 is 29.3 Å². The highest BCUT2D eigenvalue weighted by atomic mass is 16.5. The van der Waals surface area contributed by atoms with E-state index < -0.39 is 11.9 Å². The van der Waals surface area contributed by atoms with Crippen molar-refractivity contribution in [2.24, 2.45) is 0 Å². The van der Waals surface area contributed by atoms with Gasteiger partial charge in [0.25, 0.3) is 0 Å². The summed E-state index contributed by atoms with van der Waals surface area (Å²) in [6, 6.07) is 24.3. The highest BCUT2D eigenvalue weighted by Gasteiger charge is 2.16. The maximum Gasteiger partial charge on any atom is 0.338 e. The van der Waals surface area contributed by atoms with E-state index >= 15 is 0 Å². The quantitative estimate of drug-likeness (QED) is 0.294. The number of ether oxygens (including phenoxy) is 2. The fraction of sp³-hybridized carbons (Fsp3) is 0.133. The molecular formula is C30H26O6. The van der Waals surface area contributed by atoms with Crippen LogP contribution in [0.3, 0.4) is 0 Å². The second-order valence-electron chi connectivity index (χ2n) is 8.06. The highest BCUT2D eigenvalue weighted by molar-refractivity contribution is 5.98. The maximum atomic E-state index is 12.5. The number of carbonyl (C=O) groups excluding carboxylic acids is 2. The summed E-state index contributed by atoms with van der Waals surface area (Å²) in [6.07, 6.45) is 0. The Kier molecular flexibility index (Phi) is 7.35. The molecule has 0 atom stereocenters. The van der Waals surface area contributed by atoms with E-state index in [0.29, 0.717) is 22.3 Å². The minimum atomic E-state index is -0.461. The molecule has 0 saturated heterocycles. The van der Waals surface area contributed by atoms with Gasteiger partial charge in [-0.2, -0.15) is 0 Å². The molecule has 4 rings (SSSR count). The number of hydrogen-bond donors (Lipinski definition) is 2. The van der Waals surface area contributed by atoms with E-state index in [4.69, 9.17) is 9.47 Å². The van der Waals surface area contributed by atoms with Crippen molar-refractivity contribution >= 4 is 11.9 Å². The first kappa shape index (κ1) is 24.5. The predicted octanol–water partition coefficient (Wildman–Crippen LogP) is 6.45. The Morgan fingerprint density at radius 1 is 0.639 bits per heavy atom. The number of benzene rings is 4. The summed E-state index contributed by atoms with van der Waals surface area (Å²) in [7, 11) is 0. The average Bonchev–Trinajstić information content (AvgIpc) is 2.89. The lowest BCUT2D eigenvalue weighted by molar-refractivity contribution is 0.0517. The molecule has 182 valence electrons. The van der Waals surface area contributed by atoms with Gasteiger partial charge in [-0.15, -0.1) is 0 Å². The molecule has 0 aliphatic heterocycles. The molecule has 0 bridgehead atoms. The smallest absolute Gasteiger partial charge is 0.338 e. The van der Waals surface area contributed by atoms with Gasteiger partial charge in [0.2, 0.25) is 0 Å². The van der Waals surface area contributed by atoms with Gasteiger partial charge < -0.3 is 19.7 Å². The van der Waals surface area contributed by atoms with Crippen LogP contribution >= 0.6 is 0 Å². The van der Waals surface area contributed by atoms with Crippen LogP contribution < -0.4 is 0 Å². The third kappa shape index (κ3) is 5.23. The largest absolute Gasteiger partial charge is 0.508 e. The Balaban J connectivity index is 1.75. The second kappa shape index (κ2) is 10.8. The molecule has 6 nitrogen and oxygen atoms in total. The second-order valence-corrected chi connectivity index (χ2v) is 8.06. The third-order valence-corrected chi connectivity index (χ3v) is 5.69. The minimum absolute atomic E-state index is 0.0439. The zero-order valence-corrected chi connectivity index (χ0v) is 20.0. The van der Waals surface area contributed by atoms with Crippen molar-refractivity contribution in [2.45, 2.75) is 13.8 Å². The van der Waals surface area contributed by atoms with E-state index in [9.17, 15) is 19.8 Å². The number of phenolic OH excluding ortho intramolecular Hbond substituents is 2. The van der Waals surface area contributed by atoms with Crippen LogP contribution in [0, 0.1) is 0 Å². The number of phenols is 2. The van der Waals surface area contributed by atoms with Gasteiger partial charge in [0.15, 0.2) is 0 Å². The lowest BCUT2D eigenvalue weighted by Gasteiger charge is -2.12. The zero-order valence-electron chi connectivity index (χ0n) is 20.0. The summed E-state index contributed by atoms with van der Waals surface area (Å²) >= 11 is 0. The molecule has 0 heterocycles. The van der Waals surface area contributed by atoms with Crippen LogP contribution in [0.4, 0.5) is 0 Å². The van der Waals surface area contributed by atoms with E-state index in [2.05, 4.69) is 0 Å². The molecule has 36 heavy (non-hydrogen) atoms. The van der Waals surface area contributed by atoms with Crippen LogP contribution in [-0.4, -0.2) is 35.4 Å². The van der Waals surface area contributed by atoms with Gasteiger partial charge in [0, 0.05) is 5.56 Å². The van der Waals surface area contributed by atoms with E-state index in [1.54, 1.807) is 32.0 Å². The Labute approximate surface area is 209 Å². The predicted molar refractivity (Wildman–Crippen MR) is 138 cm³/mol. The molecule has 0 spiro atoms. The summed E-state index contributed by atoms with van der Waals surface area (Å²) < 4.78 is 10.3. The van der Waals surface area contributed by atoms with Gasteiger partial charge in [-0.3, -0.25) is 0 Å². The molecule has 0 radical (unpaired) electrons. The fourth-order valence-corrected chi connectivity index (χ4v) is 4.00. The number of esters is 2. The molecule has 4 aromatic rings. The third-order valence-electron chi connectivity index (χ3n) is 5.69. The molecule has 0 amide bonds. The Bertz CT molecular complexity index is 1420. The average molecular weight is 483 g/mol. The zero-order chi connectivity index (χ0) is 25.7. The molecular weight excluding hydrogens is 456 g/mol. The normalized spacial score (nSPS) is 10.6. The number of carbonyl (C=O) groups is 2. The summed E-state index contributed by atoms with van der Waals surface area (Å²) in [4.78, 5) is 24.7. The molecule has 0 aromatic heterocycles. The molecule has 0 unspecified atom stereocenters. The molecule has 0 aliphatic carbocycles. The van der Waals surface area contributed by atoms with E-state index in [0.717, 1.165) is 22.3 Å². The molecule has 6 heteroatoms. The first-order chi connectivity index (χ1) is 17.4. The van der Waals surface area contributed by atoms with Crippen LogP contribution in [-0.2, 0) is 9.47 Å². The van der Waals surface area contributed by atoms with Crippen LogP contribution in [0.15, 0.2) is 84.9 Å². The van der Waals surface area contributed by atoms with Gasteiger partial charge in [-0.05, 0) is 90.2 Å². The Hall–Kier alpha value is -4.58.